The monoisotopic (exact) mass is 460 g/mol. The summed E-state index contributed by atoms with van der Waals surface area (Å²) < 4.78 is 5.73. The highest BCUT2D eigenvalue weighted by Crippen LogP contribution is 2.40. The topological polar surface area (TPSA) is 32.8 Å². The molecule has 0 saturated carbocycles. The van der Waals surface area contributed by atoms with Gasteiger partial charge >= 0.3 is 6.09 Å². The molecule has 3 aliphatic heterocycles. The Labute approximate surface area is 205 Å². The minimum Gasteiger partial charge on any atom is -0.444 e. The van der Waals surface area contributed by atoms with E-state index in [0.29, 0.717) is 6.04 Å². The number of carbonyl (C=O) groups excluding carboxylic acids is 1. The van der Waals surface area contributed by atoms with Crippen LogP contribution in [0.25, 0.3) is 0 Å². The van der Waals surface area contributed by atoms with Crippen molar-refractivity contribution in [2.24, 2.45) is 5.92 Å². The van der Waals surface area contributed by atoms with Crippen molar-refractivity contribution in [1.82, 2.24) is 9.80 Å². The maximum absolute atomic E-state index is 12.9. The second-order valence-electron chi connectivity index (χ2n) is 11.8. The second-order valence-corrected chi connectivity index (χ2v) is 11.8. The highest BCUT2D eigenvalue weighted by atomic mass is 16.6. The largest absolute Gasteiger partial charge is 0.444 e. The van der Waals surface area contributed by atoms with Gasteiger partial charge in [0.2, 0.25) is 0 Å². The normalized spacial score (nSPS) is 27.2. The van der Waals surface area contributed by atoms with Gasteiger partial charge in [-0.05, 0) is 88.4 Å². The number of piperidine rings is 1. The Morgan fingerprint density at radius 3 is 2.44 bits per heavy atom. The van der Waals surface area contributed by atoms with Crippen LogP contribution in [0.5, 0.6) is 0 Å². The summed E-state index contributed by atoms with van der Waals surface area (Å²) in [5.41, 5.74) is 4.02. The number of nitrogens with zero attached hydrogens (tertiary/aromatic N) is 2. The van der Waals surface area contributed by atoms with Gasteiger partial charge in [-0.15, -0.1) is 0 Å². The first-order valence-corrected chi connectivity index (χ1v) is 13.2. The molecular weight excluding hydrogens is 420 g/mol. The van der Waals surface area contributed by atoms with E-state index in [1.165, 1.54) is 37.8 Å². The van der Waals surface area contributed by atoms with Crippen LogP contribution >= 0.6 is 0 Å². The van der Waals surface area contributed by atoms with Gasteiger partial charge in [0.25, 0.3) is 0 Å². The molecular formula is C30H40N2O2. The van der Waals surface area contributed by atoms with Gasteiger partial charge < -0.3 is 9.64 Å². The molecule has 0 radical (unpaired) electrons. The van der Waals surface area contributed by atoms with Crippen molar-refractivity contribution in [1.29, 1.82) is 0 Å². The van der Waals surface area contributed by atoms with Crippen molar-refractivity contribution in [2.45, 2.75) is 76.4 Å². The van der Waals surface area contributed by atoms with E-state index in [1.807, 2.05) is 25.7 Å². The van der Waals surface area contributed by atoms with Crippen molar-refractivity contribution in [2.75, 3.05) is 26.2 Å². The fourth-order valence-electron chi connectivity index (χ4n) is 6.46. The summed E-state index contributed by atoms with van der Waals surface area (Å²) in [4.78, 5) is 17.6. The van der Waals surface area contributed by atoms with Crippen LogP contribution in [-0.2, 0) is 23.0 Å². The summed E-state index contributed by atoms with van der Waals surface area (Å²) in [5.74, 6) is 0.757. The summed E-state index contributed by atoms with van der Waals surface area (Å²) in [7, 11) is 0. The maximum atomic E-state index is 12.9. The molecule has 4 nitrogen and oxygen atoms in total. The van der Waals surface area contributed by atoms with Crippen molar-refractivity contribution in [3.63, 3.8) is 0 Å². The minimum atomic E-state index is -0.463. The zero-order chi connectivity index (χ0) is 23.8. The average Bonchev–Trinajstić information content (AvgIpc) is 3.23. The number of rotatable bonds is 4. The van der Waals surface area contributed by atoms with E-state index in [2.05, 4.69) is 59.5 Å². The molecule has 1 amide bonds. The lowest BCUT2D eigenvalue weighted by molar-refractivity contribution is 0.0279. The third-order valence-corrected chi connectivity index (χ3v) is 8.27. The van der Waals surface area contributed by atoms with Crippen LogP contribution in [0.1, 0.15) is 63.1 Å². The molecule has 3 unspecified atom stereocenters. The third kappa shape index (κ3) is 5.02. The van der Waals surface area contributed by atoms with E-state index >= 15 is 0 Å². The summed E-state index contributed by atoms with van der Waals surface area (Å²) in [5, 5.41) is 0. The van der Waals surface area contributed by atoms with Crippen molar-refractivity contribution < 1.29 is 9.53 Å². The molecule has 0 N–H and O–H groups in total. The van der Waals surface area contributed by atoms with Gasteiger partial charge in [-0.25, -0.2) is 4.79 Å². The molecule has 3 heterocycles. The number of ether oxygens (including phenoxy) is 1. The minimum absolute atomic E-state index is 0.00230. The number of hydrogen-bond acceptors (Lipinski definition) is 3. The molecule has 2 saturated heterocycles. The van der Waals surface area contributed by atoms with Gasteiger partial charge in [0.05, 0.1) is 0 Å². The fraction of sp³-hybridized carbons (Fsp3) is 0.567. The molecule has 2 aromatic rings. The van der Waals surface area contributed by atoms with Crippen LogP contribution in [-0.4, -0.2) is 53.7 Å². The Morgan fingerprint density at radius 2 is 1.71 bits per heavy atom. The van der Waals surface area contributed by atoms with Gasteiger partial charge in [0.1, 0.15) is 5.60 Å². The predicted molar refractivity (Wildman–Crippen MR) is 137 cm³/mol. The van der Waals surface area contributed by atoms with Crippen molar-refractivity contribution in [3.05, 3.63) is 71.3 Å². The van der Waals surface area contributed by atoms with Crippen molar-refractivity contribution >= 4 is 6.09 Å². The first kappa shape index (κ1) is 23.4. The lowest BCUT2D eigenvalue weighted by Crippen LogP contribution is -2.48. The second kappa shape index (κ2) is 9.37. The summed E-state index contributed by atoms with van der Waals surface area (Å²) in [6.07, 6.45) is 6.96. The van der Waals surface area contributed by atoms with Gasteiger partial charge in [-0.1, -0.05) is 54.6 Å². The van der Waals surface area contributed by atoms with Gasteiger partial charge in [0, 0.05) is 31.1 Å². The number of likely N-dealkylation sites (tertiary alicyclic amines) is 1. The Balaban J connectivity index is 1.33. The van der Waals surface area contributed by atoms with Gasteiger partial charge in [0.15, 0.2) is 0 Å². The molecule has 2 fully saturated rings. The van der Waals surface area contributed by atoms with Crippen molar-refractivity contribution in [3.8, 4) is 0 Å². The number of benzene rings is 2. The molecule has 0 aromatic heterocycles. The Bertz CT molecular complexity index is 998. The zero-order valence-electron chi connectivity index (χ0n) is 21.1. The average molecular weight is 461 g/mol. The molecule has 3 atom stereocenters. The highest BCUT2D eigenvalue weighted by Gasteiger charge is 2.43. The standard InChI is InChI=1S/C30H40N2O2/c1-29(2,3)34-28(33)32-18-16-30(22-32,26-11-5-4-6-12-26)15-17-31-21-23-13-14-27(31)20-25-10-8-7-9-24(25)19-23/h4-12,23,27H,13-22H2,1-3H3. The molecule has 34 heavy (non-hydrogen) atoms. The van der Waals surface area contributed by atoms with Crippen LogP contribution in [0.3, 0.4) is 0 Å². The Kier molecular flexibility index (Phi) is 6.45. The van der Waals surface area contributed by atoms with E-state index in [4.69, 9.17) is 4.74 Å². The quantitative estimate of drug-likeness (QED) is 0.575. The number of carbonyl (C=O) groups is 1. The third-order valence-electron chi connectivity index (χ3n) is 8.27. The molecule has 4 aliphatic rings. The molecule has 2 bridgehead atoms. The Hall–Kier alpha value is -2.33. The zero-order valence-corrected chi connectivity index (χ0v) is 21.1. The number of amides is 1. The molecule has 182 valence electrons. The van der Waals surface area contributed by atoms with Gasteiger partial charge in [-0.2, -0.15) is 0 Å². The number of hydrogen-bond donors (Lipinski definition) is 0. The van der Waals surface area contributed by atoms with E-state index in [0.717, 1.165) is 38.4 Å². The molecule has 4 heteroatoms. The van der Waals surface area contributed by atoms with Crippen LogP contribution in [0, 0.1) is 5.92 Å². The van der Waals surface area contributed by atoms with Gasteiger partial charge in [-0.3, -0.25) is 4.90 Å². The smallest absolute Gasteiger partial charge is 0.410 e. The van der Waals surface area contributed by atoms with Crippen LogP contribution in [0.4, 0.5) is 4.79 Å². The predicted octanol–water partition coefficient (Wildman–Crippen LogP) is 5.83. The van der Waals surface area contributed by atoms with Crippen LogP contribution in [0.2, 0.25) is 0 Å². The summed E-state index contributed by atoms with van der Waals surface area (Å²) in [6, 6.07) is 20.6. The van der Waals surface area contributed by atoms with E-state index in [1.54, 1.807) is 11.1 Å². The summed E-state index contributed by atoms with van der Waals surface area (Å²) in [6.45, 7) is 9.65. The summed E-state index contributed by atoms with van der Waals surface area (Å²) >= 11 is 0. The van der Waals surface area contributed by atoms with E-state index in [9.17, 15) is 4.79 Å². The number of fused-ring (bicyclic) bond motifs is 2. The van der Waals surface area contributed by atoms with E-state index < -0.39 is 5.60 Å². The first-order chi connectivity index (χ1) is 16.3. The molecule has 0 spiro atoms. The van der Waals surface area contributed by atoms with Crippen LogP contribution < -0.4 is 0 Å². The molecule has 1 aliphatic carbocycles. The van der Waals surface area contributed by atoms with Crippen LogP contribution in [0.15, 0.2) is 54.6 Å². The first-order valence-electron chi connectivity index (χ1n) is 13.2. The Morgan fingerprint density at radius 1 is 1.00 bits per heavy atom. The highest BCUT2D eigenvalue weighted by molar-refractivity contribution is 5.69. The lowest BCUT2D eigenvalue weighted by Gasteiger charge is -2.44. The van der Waals surface area contributed by atoms with E-state index in [-0.39, 0.29) is 11.5 Å². The maximum Gasteiger partial charge on any atom is 0.410 e. The SMILES string of the molecule is CC(C)(C)OC(=O)N1CCC(CCN2CC3CCC2Cc2ccccc2C3)(c2ccccc2)C1. The fourth-order valence-corrected chi connectivity index (χ4v) is 6.46. The molecule has 6 rings (SSSR count). The lowest BCUT2D eigenvalue weighted by atomic mass is 9.75. The molecule has 2 aromatic carbocycles.